The third-order valence-corrected chi connectivity index (χ3v) is 5.26. The maximum atomic E-state index is 13.4. The largest absolute Gasteiger partial charge is 0.336 e. The first-order valence-corrected chi connectivity index (χ1v) is 9.23. The molecule has 4 rings (SSSR count). The number of anilines is 1. The van der Waals surface area contributed by atoms with E-state index in [2.05, 4.69) is 15.6 Å². The fourth-order valence-electron chi connectivity index (χ4n) is 3.82. The molecule has 2 saturated heterocycles. The molecule has 0 aliphatic carbocycles. The third-order valence-electron chi connectivity index (χ3n) is 5.26. The van der Waals surface area contributed by atoms with Crippen LogP contribution in [-0.2, 0) is 0 Å². The number of piperazine rings is 1. The van der Waals surface area contributed by atoms with Crippen LogP contribution in [0.25, 0.3) is 0 Å². The van der Waals surface area contributed by atoms with E-state index in [4.69, 9.17) is 0 Å². The van der Waals surface area contributed by atoms with Crippen molar-refractivity contribution in [3.05, 3.63) is 59.4 Å². The van der Waals surface area contributed by atoms with Crippen molar-refractivity contribution in [2.45, 2.75) is 13.0 Å². The van der Waals surface area contributed by atoms with Gasteiger partial charge in [0.1, 0.15) is 0 Å². The summed E-state index contributed by atoms with van der Waals surface area (Å²) < 4.78 is 0. The van der Waals surface area contributed by atoms with E-state index in [0.29, 0.717) is 31.7 Å². The molecule has 1 unspecified atom stereocenters. The first kappa shape index (κ1) is 20.1. The topological polar surface area (TPSA) is 77.6 Å². The number of carbonyl (C=O) groups is 2. The van der Waals surface area contributed by atoms with Gasteiger partial charge in [0.15, 0.2) is 0 Å². The summed E-state index contributed by atoms with van der Waals surface area (Å²) in [6.45, 7) is 5.24. The van der Waals surface area contributed by atoms with Gasteiger partial charge < -0.3 is 15.5 Å². The Kier molecular flexibility index (Phi) is 6.16. The summed E-state index contributed by atoms with van der Waals surface area (Å²) in [5.41, 5.74) is 3.29. The van der Waals surface area contributed by atoms with E-state index < -0.39 is 0 Å². The van der Waals surface area contributed by atoms with Crippen molar-refractivity contribution in [1.82, 2.24) is 20.5 Å². The number of benzene rings is 1. The van der Waals surface area contributed by atoms with Gasteiger partial charge in [-0.1, -0.05) is 12.1 Å². The van der Waals surface area contributed by atoms with E-state index >= 15 is 0 Å². The number of nitrogens with zero attached hydrogens (tertiary/aromatic N) is 3. The Morgan fingerprint density at radius 1 is 1.18 bits per heavy atom. The van der Waals surface area contributed by atoms with Crippen LogP contribution in [0.3, 0.4) is 0 Å². The zero-order chi connectivity index (χ0) is 18.8. The van der Waals surface area contributed by atoms with Crippen LogP contribution in [-0.4, -0.2) is 54.5 Å². The molecule has 0 radical (unpaired) electrons. The van der Waals surface area contributed by atoms with Gasteiger partial charge in [-0.05, 0) is 36.2 Å². The van der Waals surface area contributed by atoms with Gasteiger partial charge in [-0.3, -0.25) is 14.7 Å². The van der Waals surface area contributed by atoms with Gasteiger partial charge in [0, 0.05) is 56.4 Å². The van der Waals surface area contributed by atoms with Crippen LogP contribution in [0.2, 0.25) is 0 Å². The van der Waals surface area contributed by atoms with Gasteiger partial charge in [-0.25, -0.2) is 4.79 Å². The molecule has 7 nitrogen and oxygen atoms in total. The van der Waals surface area contributed by atoms with Crippen LogP contribution in [0.15, 0.2) is 42.7 Å². The SMILES string of the molecule is Cc1c(C(=O)N2CCNCC2c2cccnc2)cccc1N1CCNC1=O.Cl. The molecule has 3 heterocycles. The lowest BCUT2D eigenvalue weighted by atomic mass is 10.0. The second kappa shape index (κ2) is 8.58. The Labute approximate surface area is 170 Å². The van der Waals surface area contributed by atoms with Crippen molar-refractivity contribution in [1.29, 1.82) is 0 Å². The maximum absolute atomic E-state index is 13.4. The number of nitrogens with one attached hydrogen (secondary N) is 2. The molecule has 2 fully saturated rings. The molecule has 2 N–H and O–H groups in total. The predicted molar refractivity (Wildman–Crippen MR) is 110 cm³/mol. The van der Waals surface area contributed by atoms with E-state index in [9.17, 15) is 9.59 Å². The molecule has 2 aliphatic heterocycles. The molecule has 3 amide bonds. The van der Waals surface area contributed by atoms with Gasteiger partial charge >= 0.3 is 6.03 Å². The minimum atomic E-state index is -0.113. The predicted octanol–water partition coefficient (Wildman–Crippen LogP) is 2.13. The third kappa shape index (κ3) is 3.68. The molecule has 8 heteroatoms. The molecule has 28 heavy (non-hydrogen) atoms. The average Bonchev–Trinajstić information content (AvgIpc) is 3.14. The highest BCUT2D eigenvalue weighted by molar-refractivity contribution is 6.00. The molecule has 1 aromatic carbocycles. The second-order valence-corrected chi connectivity index (χ2v) is 6.84. The number of carbonyl (C=O) groups excluding carboxylic acids is 2. The zero-order valence-corrected chi connectivity index (χ0v) is 16.5. The molecule has 1 aromatic heterocycles. The van der Waals surface area contributed by atoms with Gasteiger partial charge in [0.2, 0.25) is 0 Å². The van der Waals surface area contributed by atoms with Crippen LogP contribution >= 0.6 is 12.4 Å². The molecule has 148 valence electrons. The lowest BCUT2D eigenvalue weighted by Gasteiger charge is -2.37. The Morgan fingerprint density at radius 3 is 2.75 bits per heavy atom. The van der Waals surface area contributed by atoms with Crippen molar-refractivity contribution >= 4 is 30.0 Å². The number of aromatic nitrogens is 1. The molecule has 0 bridgehead atoms. The summed E-state index contributed by atoms with van der Waals surface area (Å²) in [5.74, 6) is -0.00990. The minimum absolute atomic E-state index is 0. The molecule has 2 aromatic rings. The van der Waals surface area contributed by atoms with Gasteiger partial charge in [-0.2, -0.15) is 0 Å². The number of pyridine rings is 1. The van der Waals surface area contributed by atoms with E-state index in [1.807, 2.05) is 48.4 Å². The van der Waals surface area contributed by atoms with Crippen LogP contribution < -0.4 is 15.5 Å². The van der Waals surface area contributed by atoms with Gasteiger partial charge in [-0.15, -0.1) is 12.4 Å². The zero-order valence-electron chi connectivity index (χ0n) is 15.7. The fraction of sp³-hybridized carbons (Fsp3) is 0.350. The normalized spacial score (nSPS) is 19.2. The van der Waals surface area contributed by atoms with Gasteiger partial charge in [0.05, 0.1) is 6.04 Å². The maximum Gasteiger partial charge on any atom is 0.322 e. The number of hydrogen-bond donors (Lipinski definition) is 2. The van der Waals surface area contributed by atoms with E-state index in [0.717, 1.165) is 23.4 Å². The van der Waals surface area contributed by atoms with Gasteiger partial charge in [0.25, 0.3) is 5.91 Å². The van der Waals surface area contributed by atoms with Crippen molar-refractivity contribution in [3.63, 3.8) is 0 Å². The summed E-state index contributed by atoms with van der Waals surface area (Å²) in [6.07, 6.45) is 3.55. The Bertz CT molecular complexity index is 861. The van der Waals surface area contributed by atoms with Crippen molar-refractivity contribution in [2.75, 3.05) is 37.6 Å². The lowest BCUT2D eigenvalue weighted by Crippen LogP contribution is -2.48. The number of urea groups is 1. The monoisotopic (exact) mass is 401 g/mol. The van der Waals surface area contributed by atoms with E-state index in [1.165, 1.54) is 0 Å². The molecule has 0 saturated carbocycles. The molecule has 0 spiro atoms. The van der Waals surface area contributed by atoms with Crippen molar-refractivity contribution in [3.8, 4) is 0 Å². The van der Waals surface area contributed by atoms with E-state index in [1.54, 1.807) is 11.1 Å². The summed E-state index contributed by atoms with van der Waals surface area (Å²) in [7, 11) is 0. The summed E-state index contributed by atoms with van der Waals surface area (Å²) >= 11 is 0. The first-order valence-electron chi connectivity index (χ1n) is 9.23. The Hall–Kier alpha value is -2.64. The standard InChI is InChI=1S/C20H23N5O2.ClH/c1-14-16(5-2-6-17(14)25-11-9-23-20(25)27)19(26)24-10-8-22-13-18(24)15-4-3-7-21-12-15;/h2-7,12,18,22H,8-11,13H2,1H3,(H,23,27);1H. The van der Waals surface area contributed by atoms with E-state index in [-0.39, 0.29) is 30.4 Å². The number of halogens is 1. The first-order chi connectivity index (χ1) is 13.2. The number of rotatable bonds is 3. The quantitative estimate of drug-likeness (QED) is 0.825. The average molecular weight is 402 g/mol. The van der Waals surface area contributed by atoms with Crippen molar-refractivity contribution in [2.24, 2.45) is 0 Å². The fourth-order valence-corrected chi connectivity index (χ4v) is 3.82. The molecule has 1 atom stereocenters. The Morgan fingerprint density at radius 2 is 2.04 bits per heavy atom. The molecular weight excluding hydrogens is 378 g/mol. The molecular formula is C20H24ClN5O2. The Balaban J connectivity index is 0.00000225. The second-order valence-electron chi connectivity index (χ2n) is 6.84. The lowest BCUT2D eigenvalue weighted by molar-refractivity contribution is 0.0633. The van der Waals surface area contributed by atoms with Crippen molar-refractivity contribution < 1.29 is 9.59 Å². The van der Waals surface area contributed by atoms with Crippen LogP contribution in [0.5, 0.6) is 0 Å². The van der Waals surface area contributed by atoms with Crippen LogP contribution in [0.4, 0.5) is 10.5 Å². The highest BCUT2D eigenvalue weighted by Crippen LogP contribution is 2.29. The minimum Gasteiger partial charge on any atom is -0.336 e. The number of hydrogen-bond acceptors (Lipinski definition) is 4. The van der Waals surface area contributed by atoms with Crippen LogP contribution in [0, 0.1) is 6.92 Å². The van der Waals surface area contributed by atoms with Crippen LogP contribution in [0.1, 0.15) is 27.5 Å². The summed E-state index contributed by atoms with van der Waals surface area (Å²) in [6, 6.07) is 9.32. The number of amides is 3. The molecule has 2 aliphatic rings. The highest BCUT2D eigenvalue weighted by atomic mass is 35.5. The summed E-state index contributed by atoms with van der Waals surface area (Å²) in [5, 5.41) is 6.18. The smallest absolute Gasteiger partial charge is 0.322 e. The summed E-state index contributed by atoms with van der Waals surface area (Å²) in [4.78, 5) is 33.3. The highest BCUT2D eigenvalue weighted by Gasteiger charge is 2.31.